The van der Waals surface area contributed by atoms with Gasteiger partial charge in [-0.1, -0.05) is 48.5 Å². The van der Waals surface area contributed by atoms with Crippen LogP contribution in [0.25, 0.3) is 0 Å². The normalized spacial score (nSPS) is 18.8. The Bertz CT molecular complexity index is 1130. The summed E-state index contributed by atoms with van der Waals surface area (Å²) in [7, 11) is 0. The largest absolute Gasteiger partial charge is 0.459 e. The van der Waals surface area contributed by atoms with Crippen molar-refractivity contribution < 1.29 is 14.0 Å². The Hall–Kier alpha value is -3.38. The molecule has 1 aromatic heterocycles. The number of rotatable bonds is 4. The molecular weight excluding hydrogens is 414 g/mol. The van der Waals surface area contributed by atoms with Gasteiger partial charge in [-0.05, 0) is 41.3 Å². The SMILES string of the molecule is Cc1ccccc1CN1CCN(C(=O)C2Cc3ccccc3CN2C(=O)c2ccco2)CC1. The minimum atomic E-state index is -0.514. The van der Waals surface area contributed by atoms with Gasteiger partial charge in [0, 0.05) is 45.7 Å². The van der Waals surface area contributed by atoms with Crippen LogP contribution in [0, 0.1) is 6.92 Å². The minimum absolute atomic E-state index is 0.0277. The van der Waals surface area contributed by atoms with E-state index >= 15 is 0 Å². The van der Waals surface area contributed by atoms with Crippen LogP contribution < -0.4 is 0 Å². The number of piperazine rings is 1. The highest BCUT2D eigenvalue weighted by Crippen LogP contribution is 2.27. The van der Waals surface area contributed by atoms with Crippen LogP contribution in [-0.2, 0) is 24.3 Å². The maximum Gasteiger partial charge on any atom is 0.290 e. The number of hydrogen-bond donors (Lipinski definition) is 0. The second-order valence-corrected chi connectivity index (χ2v) is 8.93. The lowest BCUT2D eigenvalue weighted by Gasteiger charge is -2.41. The predicted octanol–water partition coefficient (Wildman–Crippen LogP) is 3.50. The van der Waals surface area contributed by atoms with Crippen LogP contribution >= 0.6 is 0 Å². The third-order valence-corrected chi connectivity index (χ3v) is 6.87. The molecular formula is C27H29N3O3. The van der Waals surface area contributed by atoms with E-state index in [-0.39, 0.29) is 17.6 Å². The Balaban J connectivity index is 1.30. The van der Waals surface area contributed by atoms with Crippen LogP contribution in [0.3, 0.4) is 0 Å². The molecule has 170 valence electrons. The summed E-state index contributed by atoms with van der Waals surface area (Å²) in [4.78, 5) is 32.9. The van der Waals surface area contributed by atoms with Gasteiger partial charge in [0.25, 0.3) is 5.91 Å². The molecule has 1 saturated heterocycles. The van der Waals surface area contributed by atoms with Gasteiger partial charge in [-0.25, -0.2) is 0 Å². The molecule has 3 heterocycles. The van der Waals surface area contributed by atoms with Crippen LogP contribution in [0.5, 0.6) is 0 Å². The third kappa shape index (κ3) is 4.44. The van der Waals surface area contributed by atoms with E-state index in [9.17, 15) is 9.59 Å². The van der Waals surface area contributed by atoms with Crippen LogP contribution in [-0.4, -0.2) is 58.7 Å². The molecule has 0 N–H and O–H groups in total. The van der Waals surface area contributed by atoms with Crippen LogP contribution in [0.15, 0.2) is 71.3 Å². The number of amides is 2. The molecule has 0 radical (unpaired) electrons. The molecule has 2 amide bonds. The highest BCUT2D eigenvalue weighted by molar-refractivity contribution is 5.96. The molecule has 0 aliphatic carbocycles. The lowest BCUT2D eigenvalue weighted by atomic mass is 9.92. The zero-order chi connectivity index (χ0) is 22.8. The van der Waals surface area contributed by atoms with Crippen molar-refractivity contribution in [2.45, 2.75) is 32.5 Å². The van der Waals surface area contributed by atoms with E-state index in [1.54, 1.807) is 17.0 Å². The molecule has 5 rings (SSSR count). The standard InChI is InChI=1S/C27H29N3O3/c1-20-7-2-3-9-22(20)18-28-12-14-29(15-13-28)26(31)24-17-21-8-4-5-10-23(21)19-30(24)27(32)25-11-6-16-33-25/h2-11,16,24H,12-15,17-19H2,1H3. The van der Waals surface area contributed by atoms with Crippen molar-refractivity contribution in [3.8, 4) is 0 Å². The Kier molecular flexibility index (Phi) is 6.01. The number of aryl methyl sites for hydroxylation is 1. The van der Waals surface area contributed by atoms with Gasteiger partial charge in [-0.3, -0.25) is 14.5 Å². The fraction of sp³-hybridized carbons (Fsp3) is 0.333. The van der Waals surface area contributed by atoms with E-state index < -0.39 is 6.04 Å². The molecule has 2 aliphatic heterocycles. The number of carbonyl (C=O) groups excluding carboxylic acids is 2. The lowest BCUT2D eigenvalue weighted by Crippen LogP contribution is -2.57. The quantitative estimate of drug-likeness (QED) is 0.619. The molecule has 3 aromatic rings. The topological polar surface area (TPSA) is 57.0 Å². The first-order valence-corrected chi connectivity index (χ1v) is 11.6. The van der Waals surface area contributed by atoms with E-state index in [2.05, 4.69) is 42.2 Å². The predicted molar refractivity (Wildman–Crippen MR) is 126 cm³/mol. The summed E-state index contributed by atoms with van der Waals surface area (Å²) in [6.45, 7) is 6.46. The average Bonchev–Trinajstić information content (AvgIpc) is 3.39. The zero-order valence-electron chi connectivity index (χ0n) is 18.9. The minimum Gasteiger partial charge on any atom is -0.459 e. The first-order chi connectivity index (χ1) is 16.1. The van der Waals surface area contributed by atoms with Gasteiger partial charge in [0.2, 0.25) is 5.91 Å². The second kappa shape index (κ2) is 9.24. The number of furan rings is 1. The van der Waals surface area contributed by atoms with Gasteiger partial charge in [0.15, 0.2) is 5.76 Å². The Labute approximate surface area is 194 Å². The van der Waals surface area contributed by atoms with E-state index in [0.29, 0.717) is 26.1 Å². The Morgan fingerprint density at radius 1 is 0.909 bits per heavy atom. The molecule has 0 spiro atoms. The van der Waals surface area contributed by atoms with Crippen molar-refractivity contribution in [1.82, 2.24) is 14.7 Å². The van der Waals surface area contributed by atoms with Crippen LogP contribution in [0.2, 0.25) is 0 Å². The van der Waals surface area contributed by atoms with E-state index in [0.717, 1.165) is 30.8 Å². The summed E-state index contributed by atoms with van der Waals surface area (Å²) in [5.41, 5.74) is 4.85. The number of benzene rings is 2. The number of nitrogens with zero attached hydrogens (tertiary/aromatic N) is 3. The summed E-state index contributed by atoms with van der Waals surface area (Å²) in [6.07, 6.45) is 2.03. The number of hydrogen-bond acceptors (Lipinski definition) is 4. The van der Waals surface area contributed by atoms with Crippen LogP contribution in [0.1, 0.15) is 32.8 Å². The summed E-state index contributed by atoms with van der Waals surface area (Å²) in [5, 5.41) is 0. The van der Waals surface area contributed by atoms with Crippen LogP contribution in [0.4, 0.5) is 0 Å². The fourth-order valence-electron chi connectivity index (χ4n) is 4.86. The average molecular weight is 444 g/mol. The van der Waals surface area contributed by atoms with Crippen molar-refractivity contribution in [2.24, 2.45) is 0 Å². The maximum atomic E-state index is 13.6. The Morgan fingerprint density at radius 2 is 1.64 bits per heavy atom. The van der Waals surface area contributed by atoms with Crippen molar-refractivity contribution in [2.75, 3.05) is 26.2 Å². The van der Waals surface area contributed by atoms with Crippen molar-refractivity contribution >= 4 is 11.8 Å². The molecule has 2 aromatic carbocycles. The van der Waals surface area contributed by atoms with Gasteiger partial charge in [0.05, 0.1) is 6.26 Å². The zero-order valence-corrected chi connectivity index (χ0v) is 18.9. The molecule has 1 fully saturated rings. The first-order valence-electron chi connectivity index (χ1n) is 11.6. The van der Waals surface area contributed by atoms with E-state index in [1.165, 1.54) is 17.4 Å². The van der Waals surface area contributed by atoms with Crippen molar-refractivity contribution in [3.05, 3.63) is 94.9 Å². The van der Waals surface area contributed by atoms with E-state index in [1.807, 2.05) is 23.1 Å². The summed E-state index contributed by atoms with van der Waals surface area (Å²) in [6, 6.07) is 19.4. The highest BCUT2D eigenvalue weighted by Gasteiger charge is 2.38. The molecule has 0 saturated carbocycles. The summed E-state index contributed by atoms with van der Waals surface area (Å²) in [5.74, 6) is 0.0706. The first kappa shape index (κ1) is 21.5. The van der Waals surface area contributed by atoms with Gasteiger partial charge in [-0.2, -0.15) is 0 Å². The second-order valence-electron chi connectivity index (χ2n) is 8.93. The molecule has 1 atom stereocenters. The van der Waals surface area contributed by atoms with Gasteiger partial charge in [-0.15, -0.1) is 0 Å². The number of fused-ring (bicyclic) bond motifs is 1. The van der Waals surface area contributed by atoms with Crippen molar-refractivity contribution in [3.63, 3.8) is 0 Å². The maximum absolute atomic E-state index is 13.6. The van der Waals surface area contributed by atoms with Gasteiger partial charge < -0.3 is 14.2 Å². The third-order valence-electron chi connectivity index (χ3n) is 6.87. The fourth-order valence-corrected chi connectivity index (χ4v) is 4.86. The molecule has 0 bridgehead atoms. The molecule has 1 unspecified atom stereocenters. The van der Waals surface area contributed by atoms with E-state index in [4.69, 9.17) is 4.42 Å². The van der Waals surface area contributed by atoms with Crippen molar-refractivity contribution in [1.29, 1.82) is 0 Å². The lowest BCUT2D eigenvalue weighted by molar-refractivity contribution is -0.138. The molecule has 2 aliphatic rings. The molecule has 6 heteroatoms. The smallest absolute Gasteiger partial charge is 0.290 e. The summed E-state index contributed by atoms with van der Waals surface area (Å²) < 4.78 is 5.37. The summed E-state index contributed by atoms with van der Waals surface area (Å²) >= 11 is 0. The monoisotopic (exact) mass is 443 g/mol. The molecule has 33 heavy (non-hydrogen) atoms. The molecule has 6 nitrogen and oxygen atoms in total. The number of carbonyl (C=O) groups is 2. The van der Waals surface area contributed by atoms with Gasteiger partial charge >= 0.3 is 0 Å². The Morgan fingerprint density at radius 3 is 2.36 bits per heavy atom. The highest BCUT2D eigenvalue weighted by atomic mass is 16.3. The van der Waals surface area contributed by atoms with Gasteiger partial charge in [0.1, 0.15) is 6.04 Å².